The molecule has 28 heavy (non-hydrogen) atoms. The quantitative estimate of drug-likeness (QED) is 0.507. The normalized spacial score (nSPS) is 16.3. The maximum Gasteiger partial charge on any atom is 0.277 e. The summed E-state index contributed by atoms with van der Waals surface area (Å²) in [5, 5.41) is 18.4. The lowest BCUT2D eigenvalue weighted by Crippen LogP contribution is -2.51. The molecule has 1 fully saturated rings. The molecule has 1 aromatic heterocycles. The number of aliphatic hydroxyl groups is 1. The number of aliphatic hydroxyl groups excluding tert-OH is 1. The minimum absolute atomic E-state index is 0.0417. The molecule has 3 rings (SSSR count). The van der Waals surface area contributed by atoms with Crippen molar-refractivity contribution in [2.24, 2.45) is 0 Å². The van der Waals surface area contributed by atoms with Gasteiger partial charge in [0.15, 0.2) is 0 Å². The van der Waals surface area contributed by atoms with Crippen LogP contribution < -0.4 is 10.4 Å². The molecule has 0 bridgehead atoms. The summed E-state index contributed by atoms with van der Waals surface area (Å²) in [6.45, 7) is 5.10. The van der Waals surface area contributed by atoms with Crippen LogP contribution >= 0.6 is 0 Å². The van der Waals surface area contributed by atoms with E-state index in [-0.39, 0.29) is 18.2 Å². The summed E-state index contributed by atoms with van der Waals surface area (Å²) in [4.78, 5) is 24.0. The number of hydrogen-bond acceptors (Lipinski definition) is 7. The van der Waals surface area contributed by atoms with Gasteiger partial charge in [-0.2, -0.15) is 0 Å². The zero-order chi connectivity index (χ0) is 19.9. The number of carbonyl (C=O) groups excluding carboxylic acids is 1. The number of anilines is 1. The van der Waals surface area contributed by atoms with E-state index in [2.05, 4.69) is 46.1 Å². The molecule has 1 aliphatic rings. The highest BCUT2D eigenvalue weighted by atomic mass is 16.5. The smallest absolute Gasteiger partial charge is 0.277 e. The molecule has 3 N–H and O–H groups in total. The fraction of sp³-hybridized carbons (Fsp3) is 0.350. The van der Waals surface area contributed by atoms with Crippen molar-refractivity contribution in [3.8, 4) is 0 Å². The number of hydroxylamine groups is 1. The van der Waals surface area contributed by atoms with Crippen LogP contribution in [-0.4, -0.2) is 69.9 Å². The zero-order valence-electron chi connectivity index (χ0n) is 15.8. The van der Waals surface area contributed by atoms with Crippen molar-refractivity contribution in [2.75, 3.05) is 37.7 Å². The van der Waals surface area contributed by atoms with Gasteiger partial charge >= 0.3 is 0 Å². The summed E-state index contributed by atoms with van der Waals surface area (Å²) in [6.07, 6.45) is 6.86. The number of amides is 1. The van der Waals surface area contributed by atoms with Crippen molar-refractivity contribution < 1.29 is 15.1 Å². The highest BCUT2D eigenvalue weighted by Crippen LogP contribution is 2.14. The van der Waals surface area contributed by atoms with E-state index in [1.807, 2.05) is 17.1 Å². The number of aromatic nitrogens is 2. The molecule has 0 radical (unpaired) electrons. The van der Waals surface area contributed by atoms with Gasteiger partial charge in [0.1, 0.15) is 0 Å². The fourth-order valence-corrected chi connectivity index (χ4v) is 3.12. The van der Waals surface area contributed by atoms with Gasteiger partial charge in [0.05, 0.1) is 18.2 Å². The lowest BCUT2D eigenvalue weighted by atomic mass is 10.1. The van der Waals surface area contributed by atoms with Crippen LogP contribution in [0.3, 0.4) is 0 Å². The molecule has 148 valence electrons. The molecule has 1 unspecified atom stereocenters. The Kier molecular flexibility index (Phi) is 6.70. The van der Waals surface area contributed by atoms with Crippen LogP contribution in [0.4, 0.5) is 5.95 Å². The third-order valence-electron chi connectivity index (χ3n) is 4.84. The maximum absolute atomic E-state index is 11.3. The Morgan fingerprint density at radius 2 is 1.82 bits per heavy atom. The Morgan fingerprint density at radius 3 is 2.39 bits per heavy atom. The molecule has 1 aliphatic heterocycles. The first kappa shape index (κ1) is 19.9. The topological polar surface area (TPSA) is 102 Å². The van der Waals surface area contributed by atoms with E-state index in [0.29, 0.717) is 5.95 Å². The molecule has 0 spiro atoms. The lowest BCUT2D eigenvalue weighted by molar-refractivity contribution is 0.0705. The van der Waals surface area contributed by atoms with Crippen LogP contribution in [0, 0.1) is 6.92 Å². The summed E-state index contributed by atoms with van der Waals surface area (Å²) in [6, 6.07) is 8.23. The van der Waals surface area contributed by atoms with Gasteiger partial charge in [0, 0.05) is 38.6 Å². The molecule has 0 saturated carbocycles. The van der Waals surface area contributed by atoms with Gasteiger partial charge in [-0.15, -0.1) is 0 Å². The molecule has 1 atom stereocenters. The largest absolute Gasteiger partial charge is 0.394 e. The van der Waals surface area contributed by atoms with Crippen LogP contribution in [0.25, 0.3) is 6.08 Å². The minimum Gasteiger partial charge on any atom is -0.394 e. The molecular formula is C20H25N5O3. The number of rotatable bonds is 6. The number of carbonyl (C=O) groups is 1. The van der Waals surface area contributed by atoms with Crippen molar-refractivity contribution in [3.05, 3.63) is 59.4 Å². The third kappa shape index (κ3) is 4.92. The highest BCUT2D eigenvalue weighted by molar-refractivity contribution is 5.92. The molecule has 2 aromatic rings. The van der Waals surface area contributed by atoms with Crippen molar-refractivity contribution in [1.82, 2.24) is 20.3 Å². The van der Waals surface area contributed by atoms with Gasteiger partial charge in [-0.1, -0.05) is 42.0 Å². The van der Waals surface area contributed by atoms with Crippen LogP contribution in [0.1, 0.15) is 21.5 Å². The molecular weight excluding hydrogens is 358 g/mol. The van der Waals surface area contributed by atoms with Crippen LogP contribution in [-0.2, 0) is 0 Å². The summed E-state index contributed by atoms with van der Waals surface area (Å²) in [5.41, 5.74) is 4.10. The Bertz CT molecular complexity index is 800. The van der Waals surface area contributed by atoms with E-state index in [4.69, 9.17) is 5.21 Å². The van der Waals surface area contributed by atoms with E-state index < -0.39 is 5.91 Å². The number of nitrogens with one attached hydrogen (secondary N) is 1. The van der Waals surface area contributed by atoms with E-state index in [9.17, 15) is 9.90 Å². The molecule has 1 aromatic carbocycles. The van der Waals surface area contributed by atoms with Gasteiger partial charge in [-0.25, -0.2) is 15.4 Å². The van der Waals surface area contributed by atoms with Crippen LogP contribution in [0.5, 0.6) is 0 Å². The van der Waals surface area contributed by atoms with Crippen molar-refractivity contribution in [1.29, 1.82) is 0 Å². The van der Waals surface area contributed by atoms with Gasteiger partial charge < -0.3 is 10.0 Å². The van der Waals surface area contributed by atoms with E-state index >= 15 is 0 Å². The van der Waals surface area contributed by atoms with Crippen molar-refractivity contribution in [2.45, 2.75) is 13.0 Å². The zero-order valence-corrected chi connectivity index (χ0v) is 15.8. The van der Waals surface area contributed by atoms with Gasteiger partial charge in [-0.05, 0) is 12.5 Å². The second-order valence-corrected chi connectivity index (χ2v) is 6.76. The lowest BCUT2D eigenvalue weighted by Gasteiger charge is -2.37. The van der Waals surface area contributed by atoms with E-state index in [0.717, 1.165) is 31.7 Å². The Labute approximate surface area is 164 Å². The number of benzene rings is 1. The van der Waals surface area contributed by atoms with Crippen LogP contribution in [0.2, 0.25) is 0 Å². The second kappa shape index (κ2) is 9.41. The van der Waals surface area contributed by atoms with Crippen LogP contribution in [0.15, 0.2) is 42.7 Å². The summed E-state index contributed by atoms with van der Waals surface area (Å²) >= 11 is 0. The second-order valence-electron chi connectivity index (χ2n) is 6.76. The number of piperazine rings is 1. The van der Waals surface area contributed by atoms with Gasteiger partial charge in [-0.3, -0.25) is 14.9 Å². The van der Waals surface area contributed by atoms with E-state index in [1.54, 1.807) is 5.48 Å². The first-order valence-corrected chi connectivity index (χ1v) is 9.22. The molecule has 1 saturated heterocycles. The number of aryl methyl sites for hydroxylation is 1. The standard InChI is InChI=1S/C20H25N5O3/c1-15-2-4-16(5-3-15)6-7-18(14-26)24-8-10-25(11-9-24)20-21-12-17(13-22-20)19(27)23-28/h2-7,12-13,18,26,28H,8-11,14H2,1H3,(H,23,27)/b7-6+. The third-order valence-corrected chi connectivity index (χ3v) is 4.84. The Balaban J connectivity index is 1.57. The minimum atomic E-state index is -0.637. The average Bonchev–Trinajstić information content (AvgIpc) is 2.75. The monoisotopic (exact) mass is 383 g/mol. The Hall–Kier alpha value is -2.81. The summed E-state index contributed by atoms with van der Waals surface area (Å²) in [5.74, 6) is -0.0904. The van der Waals surface area contributed by atoms with Crippen molar-refractivity contribution >= 4 is 17.9 Å². The Morgan fingerprint density at radius 1 is 1.18 bits per heavy atom. The van der Waals surface area contributed by atoms with E-state index in [1.165, 1.54) is 18.0 Å². The highest BCUT2D eigenvalue weighted by Gasteiger charge is 2.23. The maximum atomic E-state index is 11.3. The van der Waals surface area contributed by atoms with Gasteiger partial charge in [0.2, 0.25) is 5.95 Å². The number of nitrogens with zero attached hydrogens (tertiary/aromatic N) is 4. The molecule has 8 heteroatoms. The SMILES string of the molecule is Cc1ccc(/C=C/C(CO)N2CCN(c3ncc(C(=O)NO)cn3)CC2)cc1. The predicted molar refractivity (Wildman–Crippen MR) is 106 cm³/mol. The fourth-order valence-electron chi connectivity index (χ4n) is 3.12. The first-order valence-electron chi connectivity index (χ1n) is 9.22. The number of hydrogen-bond donors (Lipinski definition) is 3. The average molecular weight is 383 g/mol. The van der Waals surface area contributed by atoms with Crippen molar-refractivity contribution in [3.63, 3.8) is 0 Å². The molecule has 0 aliphatic carbocycles. The van der Waals surface area contributed by atoms with Gasteiger partial charge in [0.25, 0.3) is 5.91 Å². The molecule has 2 heterocycles. The summed E-state index contributed by atoms with van der Waals surface area (Å²) < 4.78 is 0. The molecule has 8 nitrogen and oxygen atoms in total. The predicted octanol–water partition coefficient (Wildman–Crippen LogP) is 1.10. The summed E-state index contributed by atoms with van der Waals surface area (Å²) in [7, 11) is 0. The first-order chi connectivity index (χ1) is 13.6. The molecule has 1 amide bonds.